The SMILES string of the molecule is O=C1C[C@H]2C[C@H]3CCC2[C@@H]13. The van der Waals surface area contributed by atoms with Gasteiger partial charge in [-0.05, 0) is 37.0 Å². The summed E-state index contributed by atoms with van der Waals surface area (Å²) in [5.41, 5.74) is 0. The number of rotatable bonds is 0. The molecule has 0 saturated heterocycles. The largest absolute Gasteiger partial charge is 0.299 e. The second-order valence-electron chi connectivity index (χ2n) is 4.19. The molecule has 3 aliphatic rings. The summed E-state index contributed by atoms with van der Waals surface area (Å²) in [5.74, 6) is 3.65. The Balaban J connectivity index is 2.06. The second-order valence-corrected chi connectivity index (χ2v) is 4.19. The fourth-order valence-corrected chi connectivity index (χ4v) is 3.60. The van der Waals surface area contributed by atoms with Crippen molar-refractivity contribution in [2.75, 3.05) is 0 Å². The van der Waals surface area contributed by atoms with Crippen LogP contribution in [0.25, 0.3) is 0 Å². The molecule has 0 aliphatic heterocycles. The summed E-state index contributed by atoms with van der Waals surface area (Å²) in [6.07, 6.45) is 5.05. The quantitative estimate of drug-likeness (QED) is 0.494. The molecule has 0 aromatic carbocycles. The molecule has 0 N–H and O–H groups in total. The van der Waals surface area contributed by atoms with Crippen molar-refractivity contribution in [3.63, 3.8) is 0 Å². The zero-order chi connectivity index (χ0) is 6.72. The lowest BCUT2D eigenvalue weighted by atomic mass is 9.85. The molecule has 0 radical (unpaired) electrons. The third-order valence-corrected chi connectivity index (χ3v) is 3.89. The highest BCUT2D eigenvalue weighted by Gasteiger charge is 2.56. The lowest BCUT2D eigenvalue weighted by Gasteiger charge is -2.19. The first-order chi connectivity index (χ1) is 4.86. The van der Waals surface area contributed by atoms with Gasteiger partial charge in [0, 0.05) is 12.3 Å². The van der Waals surface area contributed by atoms with Gasteiger partial charge in [-0.1, -0.05) is 0 Å². The summed E-state index contributed by atoms with van der Waals surface area (Å²) < 4.78 is 0. The van der Waals surface area contributed by atoms with Gasteiger partial charge in [0.2, 0.25) is 0 Å². The molecule has 0 heterocycles. The second kappa shape index (κ2) is 1.46. The minimum Gasteiger partial charge on any atom is -0.299 e. The van der Waals surface area contributed by atoms with E-state index in [4.69, 9.17) is 0 Å². The standard InChI is InChI=1S/C9H12O/c10-8-4-6-3-5-1-2-7(6)9(5)8/h5-7,9H,1-4H2/t5-,6-,7?,9+/m1/s1. The average molecular weight is 136 g/mol. The molecule has 3 saturated carbocycles. The summed E-state index contributed by atoms with van der Waals surface area (Å²) in [7, 11) is 0. The monoisotopic (exact) mass is 136 g/mol. The Morgan fingerprint density at radius 2 is 2.10 bits per heavy atom. The van der Waals surface area contributed by atoms with Gasteiger partial charge in [-0.3, -0.25) is 4.79 Å². The van der Waals surface area contributed by atoms with Crippen LogP contribution in [-0.2, 0) is 4.79 Å². The molecule has 1 heteroatoms. The average Bonchev–Trinajstić information content (AvgIpc) is 2.49. The topological polar surface area (TPSA) is 17.1 Å². The molecule has 3 aliphatic carbocycles. The molecule has 3 rings (SSSR count). The third kappa shape index (κ3) is 0.415. The van der Waals surface area contributed by atoms with E-state index in [9.17, 15) is 4.79 Å². The van der Waals surface area contributed by atoms with Crippen molar-refractivity contribution in [3.8, 4) is 0 Å². The van der Waals surface area contributed by atoms with Gasteiger partial charge in [-0.25, -0.2) is 0 Å². The summed E-state index contributed by atoms with van der Waals surface area (Å²) >= 11 is 0. The van der Waals surface area contributed by atoms with E-state index in [2.05, 4.69) is 0 Å². The summed E-state index contributed by atoms with van der Waals surface area (Å²) in [5, 5.41) is 0. The first-order valence-electron chi connectivity index (χ1n) is 4.39. The maximum Gasteiger partial charge on any atom is 0.136 e. The minimum absolute atomic E-state index is 0.546. The summed E-state index contributed by atoms with van der Waals surface area (Å²) in [6.45, 7) is 0. The molecule has 0 spiro atoms. The maximum absolute atomic E-state index is 11.3. The first-order valence-corrected chi connectivity index (χ1v) is 4.39. The molecule has 4 bridgehead atoms. The molecular formula is C9H12O. The molecule has 1 nitrogen and oxygen atoms in total. The van der Waals surface area contributed by atoms with Crippen LogP contribution < -0.4 is 0 Å². The lowest BCUT2D eigenvalue weighted by molar-refractivity contribution is -0.123. The summed E-state index contributed by atoms with van der Waals surface area (Å²) in [6, 6.07) is 0. The van der Waals surface area contributed by atoms with Crippen LogP contribution in [0.2, 0.25) is 0 Å². The fourth-order valence-electron chi connectivity index (χ4n) is 3.60. The van der Waals surface area contributed by atoms with E-state index < -0.39 is 0 Å². The Bertz CT molecular complexity index is 197. The Kier molecular flexibility index (Phi) is 0.781. The Hall–Kier alpha value is -0.330. The number of hydrogen-bond acceptors (Lipinski definition) is 1. The highest BCUT2D eigenvalue weighted by atomic mass is 16.1. The molecule has 3 fully saturated rings. The molecule has 10 heavy (non-hydrogen) atoms. The Morgan fingerprint density at radius 3 is 2.70 bits per heavy atom. The molecule has 0 aromatic rings. The minimum atomic E-state index is 0.546. The van der Waals surface area contributed by atoms with Crippen LogP contribution in [0.4, 0.5) is 0 Å². The van der Waals surface area contributed by atoms with E-state index in [1.807, 2.05) is 0 Å². The molecule has 1 unspecified atom stereocenters. The maximum atomic E-state index is 11.3. The Morgan fingerprint density at radius 1 is 1.20 bits per heavy atom. The first kappa shape index (κ1) is 5.34. The molecule has 4 atom stereocenters. The van der Waals surface area contributed by atoms with E-state index in [0.29, 0.717) is 11.7 Å². The van der Waals surface area contributed by atoms with Crippen LogP contribution in [-0.4, -0.2) is 5.78 Å². The molecule has 54 valence electrons. The summed E-state index contributed by atoms with van der Waals surface area (Å²) in [4.78, 5) is 11.3. The fraction of sp³-hybridized carbons (Fsp3) is 0.889. The van der Waals surface area contributed by atoms with Crippen molar-refractivity contribution in [3.05, 3.63) is 0 Å². The number of Topliss-reactive ketones (excluding diaryl/α,β-unsaturated/α-hetero) is 1. The lowest BCUT2D eigenvalue weighted by Crippen LogP contribution is -2.17. The molecule has 0 amide bonds. The van der Waals surface area contributed by atoms with E-state index in [1.165, 1.54) is 19.3 Å². The number of carbonyl (C=O) groups excluding carboxylic acids is 1. The van der Waals surface area contributed by atoms with Gasteiger partial charge in [0.1, 0.15) is 5.78 Å². The van der Waals surface area contributed by atoms with Gasteiger partial charge in [0.15, 0.2) is 0 Å². The predicted molar refractivity (Wildman–Crippen MR) is 37.4 cm³/mol. The van der Waals surface area contributed by atoms with Crippen LogP contribution in [0.15, 0.2) is 0 Å². The van der Waals surface area contributed by atoms with Gasteiger partial charge in [0.25, 0.3) is 0 Å². The third-order valence-electron chi connectivity index (χ3n) is 3.89. The van der Waals surface area contributed by atoms with Crippen molar-refractivity contribution < 1.29 is 4.79 Å². The number of carbonyl (C=O) groups is 1. The van der Waals surface area contributed by atoms with Crippen LogP contribution in [0, 0.1) is 23.7 Å². The zero-order valence-corrected chi connectivity index (χ0v) is 6.05. The predicted octanol–water partition coefficient (Wildman–Crippen LogP) is 1.62. The van der Waals surface area contributed by atoms with E-state index in [-0.39, 0.29) is 0 Å². The van der Waals surface area contributed by atoms with Crippen molar-refractivity contribution in [2.45, 2.75) is 25.7 Å². The van der Waals surface area contributed by atoms with E-state index in [0.717, 1.165) is 24.2 Å². The molecular weight excluding hydrogens is 124 g/mol. The molecule has 0 aromatic heterocycles. The highest BCUT2D eigenvalue weighted by molar-refractivity contribution is 5.85. The highest BCUT2D eigenvalue weighted by Crippen LogP contribution is 2.59. The number of ketones is 1. The van der Waals surface area contributed by atoms with Gasteiger partial charge in [0.05, 0.1) is 0 Å². The van der Waals surface area contributed by atoms with Crippen LogP contribution in [0.3, 0.4) is 0 Å². The van der Waals surface area contributed by atoms with E-state index >= 15 is 0 Å². The smallest absolute Gasteiger partial charge is 0.136 e. The van der Waals surface area contributed by atoms with Gasteiger partial charge >= 0.3 is 0 Å². The van der Waals surface area contributed by atoms with E-state index in [1.54, 1.807) is 0 Å². The van der Waals surface area contributed by atoms with Crippen molar-refractivity contribution in [2.24, 2.45) is 23.7 Å². The van der Waals surface area contributed by atoms with Crippen LogP contribution >= 0.6 is 0 Å². The zero-order valence-electron chi connectivity index (χ0n) is 6.05. The number of hydrogen-bond donors (Lipinski definition) is 0. The van der Waals surface area contributed by atoms with Crippen LogP contribution in [0.5, 0.6) is 0 Å². The van der Waals surface area contributed by atoms with Crippen LogP contribution in [0.1, 0.15) is 25.7 Å². The Labute approximate surface area is 60.8 Å². The van der Waals surface area contributed by atoms with Gasteiger partial charge < -0.3 is 0 Å². The normalized spacial score (nSPS) is 56.6. The van der Waals surface area contributed by atoms with Gasteiger partial charge in [-0.2, -0.15) is 0 Å². The van der Waals surface area contributed by atoms with Crippen molar-refractivity contribution >= 4 is 5.78 Å². The van der Waals surface area contributed by atoms with Crippen molar-refractivity contribution in [1.82, 2.24) is 0 Å². The van der Waals surface area contributed by atoms with Gasteiger partial charge in [-0.15, -0.1) is 0 Å². The van der Waals surface area contributed by atoms with Crippen molar-refractivity contribution in [1.29, 1.82) is 0 Å².